The normalized spacial score (nSPS) is 15.3. The molecule has 0 spiro atoms. The molecule has 0 unspecified atom stereocenters. The van der Waals surface area contributed by atoms with Crippen molar-refractivity contribution in [2.24, 2.45) is 0 Å². The summed E-state index contributed by atoms with van der Waals surface area (Å²) in [5.41, 5.74) is 4.17. The second kappa shape index (κ2) is 10.9. The lowest BCUT2D eigenvalue weighted by atomic mass is 10.1. The number of piperidine rings is 1. The molecule has 0 atom stereocenters. The average Bonchev–Trinajstić information content (AvgIpc) is 2.70. The first-order valence-electron chi connectivity index (χ1n) is 8.75. The lowest BCUT2D eigenvalue weighted by molar-refractivity contribution is 0.112. The molecule has 140 valence electrons. The lowest BCUT2D eigenvalue weighted by Gasteiger charge is -2.31. The fourth-order valence-electron chi connectivity index (χ4n) is 2.77. The summed E-state index contributed by atoms with van der Waals surface area (Å²) in [7, 11) is 1.69. The van der Waals surface area contributed by atoms with Crippen LogP contribution < -0.4 is 15.1 Å². The summed E-state index contributed by atoms with van der Waals surface area (Å²) in [6, 6.07) is 3.67. The third kappa shape index (κ3) is 5.49. The fourth-order valence-corrected chi connectivity index (χ4v) is 3.35. The van der Waals surface area contributed by atoms with E-state index in [1.54, 1.807) is 19.2 Å². The second-order valence-electron chi connectivity index (χ2n) is 5.79. The van der Waals surface area contributed by atoms with E-state index < -0.39 is 0 Å². The maximum Gasteiger partial charge on any atom is 0.166 e. The molecule has 5 nitrogen and oxygen atoms in total. The van der Waals surface area contributed by atoms with Gasteiger partial charge in [0.25, 0.3) is 0 Å². The smallest absolute Gasteiger partial charge is 0.166 e. The van der Waals surface area contributed by atoms with Gasteiger partial charge < -0.3 is 9.64 Å². The van der Waals surface area contributed by atoms with Crippen molar-refractivity contribution in [2.75, 3.05) is 25.0 Å². The summed E-state index contributed by atoms with van der Waals surface area (Å²) in [5, 5.41) is 0. The van der Waals surface area contributed by atoms with Gasteiger partial charge in [-0.15, -0.1) is 0 Å². The van der Waals surface area contributed by atoms with Crippen molar-refractivity contribution >= 4 is 24.0 Å². The predicted octanol–water partition coefficient (Wildman–Crippen LogP) is 4.67. The van der Waals surface area contributed by atoms with Gasteiger partial charge in [0, 0.05) is 25.7 Å². The van der Waals surface area contributed by atoms with Gasteiger partial charge >= 0.3 is 0 Å². The topological polar surface area (TPSA) is 50.8 Å². The van der Waals surface area contributed by atoms with E-state index in [0.29, 0.717) is 17.1 Å². The molecule has 1 saturated heterocycles. The van der Waals surface area contributed by atoms with E-state index in [0.717, 1.165) is 54.8 Å². The molecule has 0 amide bonds. The van der Waals surface area contributed by atoms with Crippen molar-refractivity contribution in [1.29, 1.82) is 0 Å². The van der Waals surface area contributed by atoms with Gasteiger partial charge in [0.05, 0.1) is 22.6 Å². The molecule has 1 aromatic carbocycles. The molecule has 0 saturated carbocycles. The minimum absolute atomic E-state index is 0.601. The SMILES string of the molecule is C=C/C=C\C(=C/C)Oc1c(SONC)cc(C=O)cc1N1CCCCC1. The summed E-state index contributed by atoms with van der Waals surface area (Å²) in [4.78, 5) is 14.5. The van der Waals surface area contributed by atoms with E-state index in [1.807, 2.05) is 31.2 Å². The minimum Gasteiger partial charge on any atom is -0.454 e. The van der Waals surface area contributed by atoms with Crippen molar-refractivity contribution in [3.05, 3.63) is 54.3 Å². The van der Waals surface area contributed by atoms with Crippen molar-refractivity contribution < 1.29 is 13.8 Å². The van der Waals surface area contributed by atoms with Gasteiger partial charge in [-0.25, -0.2) is 4.28 Å². The molecule has 1 N–H and O–H groups in total. The number of hydrogen-bond donors (Lipinski definition) is 1. The third-order valence-electron chi connectivity index (χ3n) is 4.01. The number of hydroxylamine groups is 1. The Balaban J connectivity index is 2.49. The average molecular weight is 375 g/mol. The summed E-state index contributed by atoms with van der Waals surface area (Å²) >= 11 is 1.14. The molecule has 0 aromatic heterocycles. The van der Waals surface area contributed by atoms with E-state index >= 15 is 0 Å². The largest absolute Gasteiger partial charge is 0.454 e. The standard InChI is InChI=1S/C20H26N2O3S/c1-4-6-10-17(5-2)24-20-18(22-11-8-7-9-12-22)13-16(15-23)14-19(20)26-25-21-3/h4-6,10,13-15,21H,1,7-9,11-12H2,2-3H3/b10-6-,17-5+. The highest BCUT2D eigenvalue weighted by molar-refractivity contribution is 7.94. The van der Waals surface area contributed by atoms with Crippen LogP contribution in [0, 0.1) is 0 Å². The molecule has 1 aliphatic rings. The first-order chi connectivity index (χ1) is 12.7. The van der Waals surface area contributed by atoms with Crippen LogP contribution in [0.1, 0.15) is 36.5 Å². The first-order valence-corrected chi connectivity index (χ1v) is 9.49. The van der Waals surface area contributed by atoms with Gasteiger partial charge in [0.1, 0.15) is 12.0 Å². The number of anilines is 1. The van der Waals surface area contributed by atoms with Crippen LogP contribution in [0.25, 0.3) is 0 Å². The molecule has 1 heterocycles. The van der Waals surface area contributed by atoms with Gasteiger partial charge in [-0.1, -0.05) is 18.7 Å². The summed E-state index contributed by atoms with van der Waals surface area (Å²) in [6.07, 6.45) is 11.6. The highest BCUT2D eigenvalue weighted by atomic mass is 32.2. The van der Waals surface area contributed by atoms with Gasteiger partial charge in [0.2, 0.25) is 0 Å². The summed E-state index contributed by atoms with van der Waals surface area (Å²) in [6.45, 7) is 7.51. The molecule has 0 bridgehead atoms. The van der Waals surface area contributed by atoms with Crippen LogP contribution in [0.4, 0.5) is 5.69 Å². The van der Waals surface area contributed by atoms with E-state index in [2.05, 4.69) is 17.0 Å². The first kappa shape index (κ1) is 20.3. The maximum atomic E-state index is 11.4. The molecule has 1 fully saturated rings. The Kier molecular flexibility index (Phi) is 8.47. The number of allylic oxidation sites excluding steroid dienone is 4. The Bertz CT molecular complexity index is 680. The Morgan fingerprint density at radius 3 is 2.69 bits per heavy atom. The monoisotopic (exact) mass is 374 g/mol. The Morgan fingerprint density at radius 1 is 1.31 bits per heavy atom. The van der Waals surface area contributed by atoms with Crippen molar-refractivity contribution in [1.82, 2.24) is 5.48 Å². The van der Waals surface area contributed by atoms with E-state index in [4.69, 9.17) is 9.02 Å². The summed E-state index contributed by atoms with van der Waals surface area (Å²) < 4.78 is 11.5. The highest BCUT2D eigenvalue weighted by Crippen LogP contribution is 2.41. The maximum absolute atomic E-state index is 11.4. The van der Waals surface area contributed by atoms with Crippen LogP contribution in [0.5, 0.6) is 5.75 Å². The van der Waals surface area contributed by atoms with Gasteiger partial charge in [-0.05, 0) is 50.5 Å². The molecule has 1 aromatic rings. The zero-order valence-corrected chi connectivity index (χ0v) is 16.2. The quantitative estimate of drug-likeness (QED) is 0.223. The molecule has 2 rings (SSSR count). The van der Waals surface area contributed by atoms with Crippen molar-refractivity contribution in [2.45, 2.75) is 31.1 Å². The zero-order valence-electron chi connectivity index (χ0n) is 15.4. The highest BCUT2D eigenvalue weighted by Gasteiger charge is 2.21. The number of carbonyl (C=O) groups excluding carboxylic acids is 1. The lowest BCUT2D eigenvalue weighted by Crippen LogP contribution is -2.30. The van der Waals surface area contributed by atoms with Gasteiger partial charge in [-0.3, -0.25) is 4.79 Å². The molecule has 1 aliphatic heterocycles. The van der Waals surface area contributed by atoms with E-state index in [9.17, 15) is 4.79 Å². The molecular formula is C20H26N2O3S. The van der Waals surface area contributed by atoms with Crippen molar-refractivity contribution in [3.63, 3.8) is 0 Å². The number of carbonyl (C=O) groups is 1. The van der Waals surface area contributed by atoms with Crippen LogP contribution >= 0.6 is 12.0 Å². The molecular weight excluding hydrogens is 348 g/mol. The third-order valence-corrected chi connectivity index (χ3v) is 4.74. The minimum atomic E-state index is 0.601. The Labute approximate surface area is 159 Å². The van der Waals surface area contributed by atoms with Gasteiger partial charge in [0.15, 0.2) is 5.75 Å². The number of nitrogens with zero attached hydrogens (tertiary/aromatic N) is 1. The second-order valence-corrected chi connectivity index (χ2v) is 6.56. The van der Waals surface area contributed by atoms with E-state index in [1.165, 1.54) is 6.42 Å². The van der Waals surface area contributed by atoms with Crippen LogP contribution in [-0.4, -0.2) is 26.4 Å². The molecule has 26 heavy (non-hydrogen) atoms. The van der Waals surface area contributed by atoms with Crippen LogP contribution in [0.2, 0.25) is 0 Å². The van der Waals surface area contributed by atoms with Crippen LogP contribution in [-0.2, 0) is 4.28 Å². The number of nitrogens with one attached hydrogen (secondary N) is 1. The van der Waals surface area contributed by atoms with Gasteiger partial charge in [-0.2, -0.15) is 5.48 Å². The molecule has 6 heteroatoms. The molecule has 0 radical (unpaired) electrons. The van der Waals surface area contributed by atoms with Crippen molar-refractivity contribution in [3.8, 4) is 5.75 Å². The summed E-state index contributed by atoms with van der Waals surface area (Å²) in [5.74, 6) is 1.40. The fraction of sp³-hybridized carbons (Fsp3) is 0.350. The van der Waals surface area contributed by atoms with E-state index in [-0.39, 0.29) is 0 Å². The predicted molar refractivity (Wildman–Crippen MR) is 108 cm³/mol. The number of rotatable bonds is 9. The zero-order chi connectivity index (χ0) is 18.8. The number of ether oxygens (including phenoxy) is 1. The number of hydrogen-bond acceptors (Lipinski definition) is 6. The Hall–Kier alpha value is -2.02. The molecule has 0 aliphatic carbocycles. The Morgan fingerprint density at radius 2 is 2.08 bits per heavy atom. The van der Waals surface area contributed by atoms with Crippen LogP contribution in [0.15, 0.2) is 53.7 Å². The number of benzene rings is 1. The van der Waals surface area contributed by atoms with Crippen LogP contribution in [0.3, 0.4) is 0 Å². The number of aldehydes is 1.